The summed E-state index contributed by atoms with van der Waals surface area (Å²) in [5.41, 5.74) is 2.98. The van der Waals surface area contributed by atoms with Crippen molar-refractivity contribution >= 4 is 34.0 Å². The SMILES string of the molecule is Cc1cccc(-c2csc(NC(=O)c3ccc(=O)n(-c4cccc(Cl)c4)c3)n2)n1. The molecule has 0 aliphatic carbocycles. The summed E-state index contributed by atoms with van der Waals surface area (Å²) in [7, 11) is 0. The lowest BCUT2D eigenvalue weighted by atomic mass is 10.2. The molecule has 4 rings (SSSR count). The van der Waals surface area contributed by atoms with Crippen molar-refractivity contribution in [3.8, 4) is 17.1 Å². The van der Waals surface area contributed by atoms with Crippen LogP contribution in [0.5, 0.6) is 0 Å². The normalized spacial score (nSPS) is 10.7. The molecule has 8 heteroatoms. The molecule has 0 fully saturated rings. The van der Waals surface area contributed by atoms with E-state index in [1.807, 2.05) is 30.5 Å². The van der Waals surface area contributed by atoms with E-state index in [1.165, 1.54) is 34.2 Å². The lowest BCUT2D eigenvalue weighted by Gasteiger charge is -2.08. The molecule has 4 aromatic rings. The van der Waals surface area contributed by atoms with Crippen LogP contribution in [-0.2, 0) is 0 Å². The van der Waals surface area contributed by atoms with Crippen molar-refractivity contribution in [2.75, 3.05) is 5.32 Å². The predicted molar refractivity (Wildman–Crippen MR) is 115 cm³/mol. The fourth-order valence-electron chi connectivity index (χ4n) is 2.75. The van der Waals surface area contributed by atoms with Crippen molar-refractivity contribution in [2.24, 2.45) is 0 Å². The minimum atomic E-state index is -0.362. The zero-order valence-electron chi connectivity index (χ0n) is 15.3. The molecular formula is C21H15ClN4O2S. The molecule has 0 aliphatic rings. The highest BCUT2D eigenvalue weighted by Gasteiger charge is 2.12. The second-order valence-electron chi connectivity index (χ2n) is 6.26. The van der Waals surface area contributed by atoms with Gasteiger partial charge in [0.05, 0.1) is 16.9 Å². The van der Waals surface area contributed by atoms with Crippen LogP contribution < -0.4 is 10.9 Å². The third-order valence-electron chi connectivity index (χ3n) is 4.14. The molecule has 0 atom stereocenters. The minimum Gasteiger partial charge on any atom is -0.298 e. The van der Waals surface area contributed by atoms with Gasteiger partial charge in [0.2, 0.25) is 0 Å². The Morgan fingerprint density at radius 3 is 2.69 bits per heavy atom. The van der Waals surface area contributed by atoms with E-state index in [2.05, 4.69) is 15.3 Å². The molecule has 0 unspecified atom stereocenters. The predicted octanol–water partition coefficient (Wildman–Crippen LogP) is 4.57. The molecule has 0 saturated heterocycles. The van der Waals surface area contributed by atoms with Crippen LogP contribution in [0.1, 0.15) is 16.1 Å². The number of rotatable bonds is 4. The zero-order valence-corrected chi connectivity index (χ0v) is 16.9. The summed E-state index contributed by atoms with van der Waals surface area (Å²) in [5.74, 6) is -0.362. The van der Waals surface area contributed by atoms with Crippen molar-refractivity contribution in [3.63, 3.8) is 0 Å². The smallest absolute Gasteiger partial charge is 0.258 e. The van der Waals surface area contributed by atoms with E-state index in [1.54, 1.807) is 24.3 Å². The van der Waals surface area contributed by atoms with Crippen LogP contribution >= 0.6 is 22.9 Å². The first-order valence-corrected chi connectivity index (χ1v) is 9.95. The number of carbonyl (C=O) groups is 1. The minimum absolute atomic E-state index is 0.258. The number of halogens is 1. The Kier molecular flexibility index (Phi) is 5.24. The highest BCUT2D eigenvalue weighted by Crippen LogP contribution is 2.24. The molecule has 3 aromatic heterocycles. The van der Waals surface area contributed by atoms with Gasteiger partial charge in [-0.2, -0.15) is 0 Å². The Bertz CT molecular complexity index is 1270. The molecule has 6 nitrogen and oxygen atoms in total. The van der Waals surface area contributed by atoms with Crippen LogP contribution in [0.15, 0.2) is 71.0 Å². The fourth-order valence-corrected chi connectivity index (χ4v) is 3.64. The zero-order chi connectivity index (χ0) is 20.4. The number of benzene rings is 1. The van der Waals surface area contributed by atoms with Crippen LogP contribution in [0.2, 0.25) is 5.02 Å². The number of thiazole rings is 1. The standard InChI is InChI=1S/C21H15ClN4O2S/c1-13-4-2-7-17(23-13)18-12-29-21(24-18)25-20(28)14-8-9-19(27)26(11-14)16-6-3-5-15(22)10-16/h2-12H,1H3,(H,24,25,28). The number of hydrogen-bond acceptors (Lipinski definition) is 5. The van der Waals surface area contributed by atoms with Crippen LogP contribution in [0.25, 0.3) is 17.1 Å². The third-order valence-corrected chi connectivity index (χ3v) is 5.13. The van der Waals surface area contributed by atoms with Gasteiger partial charge in [-0.3, -0.25) is 24.5 Å². The molecule has 1 aromatic carbocycles. The maximum absolute atomic E-state index is 12.7. The number of anilines is 1. The number of amides is 1. The highest BCUT2D eigenvalue weighted by atomic mass is 35.5. The van der Waals surface area contributed by atoms with Crippen LogP contribution in [-0.4, -0.2) is 20.4 Å². The van der Waals surface area contributed by atoms with Gasteiger partial charge in [-0.1, -0.05) is 23.7 Å². The van der Waals surface area contributed by atoms with Crippen molar-refractivity contribution in [2.45, 2.75) is 6.92 Å². The molecule has 0 aliphatic heterocycles. The maximum atomic E-state index is 12.7. The Balaban J connectivity index is 1.58. The van der Waals surface area contributed by atoms with E-state index < -0.39 is 0 Å². The summed E-state index contributed by atoms with van der Waals surface area (Å²) in [5, 5.41) is 5.57. The average Bonchev–Trinajstić information content (AvgIpc) is 3.17. The highest BCUT2D eigenvalue weighted by molar-refractivity contribution is 7.14. The van der Waals surface area contributed by atoms with Crippen molar-refractivity contribution in [3.05, 3.63) is 92.8 Å². The summed E-state index contributed by atoms with van der Waals surface area (Å²) < 4.78 is 1.38. The van der Waals surface area contributed by atoms with E-state index >= 15 is 0 Å². The monoisotopic (exact) mass is 422 g/mol. The number of nitrogens with one attached hydrogen (secondary N) is 1. The van der Waals surface area contributed by atoms with Gasteiger partial charge in [0.25, 0.3) is 11.5 Å². The molecule has 3 heterocycles. The summed E-state index contributed by atoms with van der Waals surface area (Å²) in [6, 6.07) is 15.4. The third kappa shape index (κ3) is 4.26. The number of carbonyl (C=O) groups excluding carboxylic acids is 1. The van der Waals surface area contributed by atoms with Gasteiger partial charge in [-0.25, -0.2) is 4.98 Å². The topological polar surface area (TPSA) is 76.9 Å². The first kappa shape index (κ1) is 19.0. The molecule has 144 valence electrons. The van der Waals surface area contributed by atoms with Crippen LogP contribution in [0.4, 0.5) is 5.13 Å². The Labute approximate surface area is 175 Å². The lowest BCUT2D eigenvalue weighted by Crippen LogP contribution is -2.20. The van der Waals surface area contributed by atoms with Gasteiger partial charge < -0.3 is 0 Å². The summed E-state index contributed by atoms with van der Waals surface area (Å²) in [6.45, 7) is 1.91. The number of nitrogens with zero attached hydrogens (tertiary/aromatic N) is 3. The van der Waals surface area contributed by atoms with Crippen molar-refractivity contribution in [1.29, 1.82) is 0 Å². The number of pyridine rings is 2. The molecule has 0 radical (unpaired) electrons. The Hall–Kier alpha value is -3.29. The number of hydrogen-bond donors (Lipinski definition) is 1. The molecule has 1 amide bonds. The Morgan fingerprint density at radius 1 is 1.07 bits per heavy atom. The second kappa shape index (κ2) is 7.98. The van der Waals surface area contributed by atoms with Gasteiger partial charge in [0.1, 0.15) is 5.69 Å². The van der Waals surface area contributed by atoms with E-state index in [4.69, 9.17) is 11.6 Å². The summed E-state index contributed by atoms with van der Waals surface area (Å²) >= 11 is 7.32. The maximum Gasteiger partial charge on any atom is 0.258 e. The largest absolute Gasteiger partial charge is 0.298 e. The first-order valence-electron chi connectivity index (χ1n) is 8.69. The summed E-state index contributed by atoms with van der Waals surface area (Å²) in [6.07, 6.45) is 1.49. The first-order chi connectivity index (χ1) is 14.0. The molecule has 0 spiro atoms. The van der Waals surface area contributed by atoms with Gasteiger partial charge in [0.15, 0.2) is 5.13 Å². The molecule has 29 heavy (non-hydrogen) atoms. The van der Waals surface area contributed by atoms with E-state index in [0.717, 1.165) is 11.4 Å². The van der Waals surface area contributed by atoms with E-state index in [-0.39, 0.29) is 11.5 Å². The van der Waals surface area contributed by atoms with Crippen LogP contribution in [0.3, 0.4) is 0 Å². The number of aromatic nitrogens is 3. The number of aryl methyl sites for hydroxylation is 1. The Morgan fingerprint density at radius 2 is 1.90 bits per heavy atom. The van der Waals surface area contributed by atoms with Gasteiger partial charge in [0, 0.05) is 28.4 Å². The average molecular weight is 423 g/mol. The van der Waals surface area contributed by atoms with Gasteiger partial charge in [-0.05, 0) is 43.3 Å². The molecule has 0 bridgehead atoms. The molecule has 0 saturated carbocycles. The fraction of sp³-hybridized carbons (Fsp3) is 0.0476. The molecule has 1 N–H and O–H groups in total. The quantitative estimate of drug-likeness (QED) is 0.522. The van der Waals surface area contributed by atoms with Gasteiger partial charge in [-0.15, -0.1) is 11.3 Å². The van der Waals surface area contributed by atoms with Gasteiger partial charge >= 0.3 is 0 Å². The second-order valence-corrected chi connectivity index (χ2v) is 7.56. The summed E-state index contributed by atoms with van der Waals surface area (Å²) in [4.78, 5) is 33.8. The van der Waals surface area contributed by atoms with Crippen molar-refractivity contribution in [1.82, 2.24) is 14.5 Å². The van der Waals surface area contributed by atoms with E-state index in [9.17, 15) is 9.59 Å². The van der Waals surface area contributed by atoms with Crippen LogP contribution in [0, 0.1) is 6.92 Å². The van der Waals surface area contributed by atoms with Crippen molar-refractivity contribution < 1.29 is 4.79 Å². The molecular weight excluding hydrogens is 408 g/mol. The van der Waals surface area contributed by atoms with E-state index in [0.29, 0.717) is 27.1 Å². The lowest BCUT2D eigenvalue weighted by molar-refractivity contribution is 0.102.